The number of benzene rings is 5. The van der Waals surface area contributed by atoms with Gasteiger partial charge in [0.2, 0.25) is 11.2 Å². The average molecular weight is 863 g/mol. The predicted molar refractivity (Wildman–Crippen MR) is 246 cm³/mol. The number of methoxy groups -OCH3 is 1. The van der Waals surface area contributed by atoms with Crippen molar-refractivity contribution in [2.24, 2.45) is 5.92 Å². The number of fused-ring (bicyclic) bond motifs is 1. The Balaban J connectivity index is 0.890. The number of carbonyl (C=O) groups is 2. The molecular weight excluding hydrogens is 809 g/mol. The van der Waals surface area contributed by atoms with Crippen LogP contribution in [0, 0.1) is 5.92 Å². The van der Waals surface area contributed by atoms with Crippen LogP contribution in [0.5, 0.6) is 11.5 Å². The van der Waals surface area contributed by atoms with Crippen LogP contribution in [0.3, 0.4) is 0 Å². The zero-order chi connectivity index (χ0) is 44.6. The Hall–Kier alpha value is -6.57. The number of nitrogens with one attached hydrogen (secondary N) is 2. The van der Waals surface area contributed by atoms with Crippen LogP contribution in [0.2, 0.25) is 0 Å². The molecule has 2 atom stereocenters. The van der Waals surface area contributed by atoms with Crippen molar-refractivity contribution in [1.29, 1.82) is 0 Å². The predicted octanol–water partition coefficient (Wildman–Crippen LogP) is 6.69. The fourth-order valence-corrected chi connectivity index (χ4v) is 8.80. The number of nitrogens with zero attached hydrogens (tertiary/aromatic N) is 2. The van der Waals surface area contributed by atoms with E-state index in [1.807, 2.05) is 42.5 Å². The zero-order valence-electron chi connectivity index (χ0n) is 35.9. The van der Waals surface area contributed by atoms with E-state index in [0.717, 1.165) is 49.2 Å². The molecule has 330 valence electrons. The molecule has 0 bridgehead atoms. The van der Waals surface area contributed by atoms with Crippen molar-refractivity contribution >= 4 is 28.4 Å². The lowest BCUT2D eigenvalue weighted by Crippen LogP contribution is -2.40. The number of aliphatic hydroxyl groups excluding tert-OH is 1. The van der Waals surface area contributed by atoms with Crippen molar-refractivity contribution in [2.45, 2.75) is 44.1 Å². The third-order valence-corrected chi connectivity index (χ3v) is 12.5. The van der Waals surface area contributed by atoms with E-state index in [4.69, 9.17) is 9.47 Å². The number of aromatic hydroxyl groups is 1. The van der Waals surface area contributed by atoms with E-state index >= 15 is 0 Å². The van der Waals surface area contributed by atoms with E-state index in [1.54, 1.807) is 59.5 Å². The van der Waals surface area contributed by atoms with Crippen LogP contribution in [-0.4, -0.2) is 88.4 Å². The number of amides is 1. The van der Waals surface area contributed by atoms with Crippen LogP contribution < -0.4 is 15.6 Å². The lowest BCUT2D eigenvalue weighted by atomic mass is 9.84. The van der Waals surface area contributed by atoms with Gasteiger partial charge >= 0.3 is 5.97 Å². The molecule has 2 aliphatic rings. The maximum atomic E-state index is 14.0. The lowest BCUT2D eigenvalue weighted by molar-refractivity contribution is -0.164. The highest BCUT2D eigenvalue weighted by Gasteiger charge is 2.42. The molecule has 1 amide bonds. The molecular formula is C52H54N4O8. The summed E-state index contributed by atoms with van der Waals surface area (Å²) in [6, 6.07) is 38.2. The molecule has 8 rings (SSSR count). The highest BCUT2D eigenvalue weighted by atomic mass is 16.5. The molecule has 3 heterocycles. The summed E-state index contributed by atoms with van der Waals surface area (Å²) in [5.41, 5.74) is 3.72. The van der Waals surface area contributed by atoms with E-state index in [1.165, 1.54) is 24.8 Å². The topological polar surface area (TPSA) is 165 Å². The number of piperidine rings is 1. The van der Waals surface area contributed by atoms with E-state index in [0.29, 0.717) is 59.4 Å². The summed E-state index contributed by atoms with van der Waals surface area (Å²) < 4.78 is 11.6. The van der Waals surface area contributed by atoms with E-state index in [2.05, 4.69) is 39.5 Å². The number of carbonyl (C=O) groups excluding carboxylic acids is 2. The largest absolute Gasteiger partial charge is 0.506 e. The average Bonchev–Trinajstić information content (AvgIpc) is 3.34. The van der Waals surface area contributed by atoms with Crippen LogP contribution >= 0.6 is 0 Å². The van der Waals surface area contributed by atoms with Gasteiger partial charge in [-0.2, -0.15) is 0 Å². The molecule has 1 saturated heterocycles. The normalized spacial score (nSPS) is 16.2. The molecule has 12 nitrogen and oxygen atoms in total. The first-order valence-electron chi connectivity index (χ1n) is 21.8. The zero-order valence-corrected chi connectivity index (χ0v) is 35.9. The number of pyridine rings is 1. The minimum absolute atomic E-state index is 0.0742. The number of esters is 1. The highest BCUT2D eigenvalue weighted by molar-refractivity contribution is 5.97. The number of aliphatic hydroxyl groups is 2. The molecule has 0 spiro atoms. The van der Waals surface area contributed by atoms with Gasteiger partial charge in [0.1, 0.15) is 11.5 Å². The van der Waals surface area contributed by atoms with Gasteiger partial charge in [0, 0.05) is 49.7 Å². The maximum Gasteiger partial charge on any atom is 0.347 e. The Bertz CT molecular complexity index is 2680. The van der Waals surface area contributed by atoms with Crippen LogP contribution in [-0.2, 0) is 28.2 Å². The number of rotatable bonds is 15. The Morgan fingerprint density at radius 3 is 2.34 bits per heavy atom. The molecule has 1 aromatic heterocycles. The smallest absolute Gasteiger partial charge is 0.347 e. The summed E-state index contributed by atoms with van der Waals surface area (Å²) in [6.45, 7) is 4.36. The minimum atomic E-state index is -2.02. The standard InChI is InChI=1S/C52H54N4O8/c1-63-47-29-37(31-53-32-46(58)42-17-19-45(57)49-43(42)18-20-48(59)54-49)15-16-44(47)50(60)56-27-23-38(24-28-56)39-11-8-14-41(30-39)52(62,40-12-6-3-7-13-40)51(61)64-34-36-21-25-55(26-22-36)33-35-9-4-2-5-10-35/h2-20,23,29-30,36,46,53,57-58,62H,21-22,24-28,31-34H2,1H3,(H,54,59). The van der Waals surface area contributed by atoms with Gasteiger partial charge in [0.05, 0.1) is 30.9 Å². The quantitative estimate of drug-likeness (QED) is 0.0704. The van der Waals surface area contributed by atoms with Gasteiger partial charge in [0.25, 0.3) is 5.91 Å². The summed E-state index contributed by atoms with van der Waals surface area (Å²) in [5.74, 6) is -0.309. The minimum Gasteiger partial charge on any atom is -0.506 e. The van der Waals surface area contributed by atoms with Gasteiger partial charge < -0.3 is 40.0 Å². The monoisotopic (exact) mass is 862 g/mol. The van der Waals surface area contributed by atoms with Crippen molar-refractivity contribution in [3.8, 4) is 11.5 Å². The van der Waals surface area contributed by atoms with Crippen LogP contribution in [0.15, 0.2) is 138 Å². The molecule has 5 aromatic carbocycles. The van der Waals surface area contributed by atoms with Crippen molar-refractivity contribution in [2.75, 3.05) is 46.4 Å². The molecule has 6 aromatic rings. The van der Waals surface area contributed by atoms with Crippen LogP contribution in [0.1, 0.15) is 69.1 Å². The molecule has 64 heavy (non-hydrogen) atoms. The summed E-state index contributed by atoms with van der Waals surface area (Å²) in [4.78, 5) is 46.5. The molecule has 1 fully saturated rings. The van der Waals surface area contributed by atoms with Gasteiger partial charge in [-0.1, -0.05) is 97.1 Å². The Morgan fingerprint density at radius 2 is 1.61 bits per heavy atom. The van der Waals surface area contributed by atoms with Gasteiger partial charge in [0.15, 0.2) is 0 Å². The first-order chi connectivity index (χ1) is 31.1. The summed E-state index contributed by atoms with van der Waals surface area (Å²) >= 11 is 0. The van der Waals surface area contributed by atoms with E-state index in [-0.39, 0.29) is 41.8 Å². The van der Waals surface area contributed by atoms with Gasteiger partial charge in [-0.15, -0.1) is 0 Å². The number of phenolic OH excluding ortho intramolecular Hbond substituents is 1. The van der Waals surface area contributed by atoms with Crippen LogP contribution in [0.4, 0.5) is 0 Å². The van der Waals surface area contributed by atoms with E-state index in [9.17, 15) is 29.7 Å². The number of aromatic amines is 1. The van der Waals surface area contributed by atoms with E-state index < -0.39 is 17.7 Å². The third-order valence-electron chi connectivity index (χ3n) is 12.5. The second-order valence-electron chi connectivity index (χ2n) is 16.7. The second kappa shape index (κ2) is 19.9. The third kappa shape index (κ3) is 9.80. The summed E-state index contributed by atoms with van der Waals surface area (Å²) in [7, 11) is 1.53. The summed E-state index contributed by atoms with van der Waals surface area (Å²) in [6.07, 6.45) is 3.46. The second-order valence-corrected chi connectivity index (χ2v) is 16.7. The fraction of sp³-hybridized carbons (Fsp3) is 0.288. The molecule has 12 heteroatoms. The summed E-state index contributed by atoms with van der Waals surface area (Å²) in [5, 5.41) is 37.3. The fourth-order valence-electron chi connectivity index (χ4n) is 8.80. The molecule has 0 aliphatic carbocycles. The van der Waals surface area contributed by atoms with Crippen LogP contribution in [0.25, 0.3) is 16.5 Å². The van der Waals surface area contributed by atoms with Gasteiger partial charge in [-0.25, -0.2) is 4.79 Å². The number of phenols is 1. The lowest BCUT2D eigenvalue weighted by Gasteiger charge is -2.33. The number of aromatic nitrogens is 1. The number of H-pyrrole nitrogens is 1. The SMILES string of the molecule is COc1cc(CNCC(O)c2ccc(O)c3[nH]c(=O)ccc23)ccc1C(=O)N1CC=C(c2cccc(C(O)(C(=O)OCC3CCN(Cc4ccccc4)CC3)c3ccccc3)c2)CC1. The highest BCUT2D eigenvalue weighted by Crippen LogP contribution is 2.35. The van der Waals surface area contributed by atoms with Crippen molar-refractivity contribution in [3.63, 3.8) is 0 Å². The van der Waals surface area contributed by atoms with Crippen molar-refractivity contribution in [3.05, 3.63) is 183 Å². The van der Waals surface area contributed by atoms with Gasteiger partial charge in [-0.3, -0.25) is 14.5 Å². The Morgan fingerprint density at radius 1 is 0.859 bits per heavy atom. The first-order valence-corrected chi connectivity index (χ1v) is 21.8. The Kier molecular flexibility index (Phi) is 13.7. The molecule has 5 N–H and O–H groups in total. The van der Waals surface area contributed by atoms with Crippen molar-refractivity contribution < 1.29 is 34.4 Å². The molecule has 0 saturated carbocycles. The maximum absolute atomic E-state index is 14.0. The van der Waals surface area contributed by atoms with Crippen molar-refractivity contribution in [1.82, 2.24) is 20.1 Å². The Labute approximate surface area is 372 Å². The number of hydrogen-bond donors (Lipinski definition) is 5. The number of ether oxygens (including phenoxy) is 2. The number of hydrogen-bond acceptors (Lipinski definition) is 10. The number of likely N-dealkylation sites (tertiary alicyclic amines) is 1. The van der Waals surface area contributed by atoms with Gasteiger partial charge in [-0.05, 0) is 102 Å². The molecule has 2 unspecified atom stereocenters. The molecule has 2 aliphatic heterocycles. The first kappa shape index (κ1) is 44.1. The molecule has 0 radical (unpaired) electrons.